The molecule has 7 nitrogen and oxygen atoms in total. The van der Waals surface area contributed by atoms with Crippen molar-refractivity contribution in [3.05, 3.63) is 35.8 Å². The first-order valence-electron chi connectivity index (χ1n) is 8.60. The highest BCUT2D eigenvalue weighted by Crippen LogP contribution is 2.15. The number of hydrogen-bond donors (Lipinski definition) is 1. The molecule has 2 aromatic rings. The molecular weight excluding hydrogens is 318 g/mol. The molecule has 1 aliphatic heterocycles. The first-order chi connectivity index (χ1) is 12.0. The summed E-state index contributed by atoms with van der Waals surface area (Å²) in [6.07, 6.45) is 2.22. The molecule has 1 N–H and O–H groups in total. The fourth-order valence-corrected chi connectivity index (χ4v) is 3.40. The standard InChI is InChI=1S/C18H25N5O2/c1-13-15(23-7-5-4-6-16(23)20-13)10-17(24)22-9-8-21(3)11-14(12-22)18(25)19-2/h4-7,14H,8-12H2,1-3H3,(H,19,25)/t14-/m1/s1. The predicted molar refractivity (Wildman–Crippen MR) is 95.3 cm³/mol. The van der Waals surface area contributed by atoms with Gasteiger partial charge < -0.3 is 19.5 Å². The Bertz CT molecular complexity index is 785. The third kappa shape index (κ3) is 3.66. The second-order valence-corrected chi connectivity index (χ2v) is 6.66. The Balaban J connectivity index is 1.79. The summed E-state index contributed by atoms with van der Waals surface area (Å²) in [4.78, 5) is 33.4. The van der Waals surface area contributed by atoms with E-state index < -0.39 is 0 Å². The molecule has 0 saturated carbocycles. The first-order valence-corrected chi connectivity index (χ1v) is 8.60. The van der Waals surface area contributed by atoms with Crippen molar-refractivity contribution >= 4 is 17.5 Å². The molecule has 3 rings (SSSR count). The highest BCUT2D eigenvalue weighted by molar-refractivity contribution is 5.82. The van der Waals surface area contributed by atoms with Crippen LogP contribution in [0, 0.1) is 12.8 Å². The third-order valence-electron chi connectivity index (χ3n) is 4.84. The monoisotopic (exact) mass is 343 g/mol. The largest absolute Gasteiger partial charge is 0.359 e. The van der Waals surface area contributed by atoms with E-state index in [1.807, 2.05) is 47.7 Å². The van der Waals surface area contributed by atoms with E-state index in [2.05, 4.69) is 15.2 Å². The summed E-state index contributed by atoms with van der Waals surface area (Å²) in [7, 11) is 3.62. The smallest absolute Gasteiger partial charge is 0.228 e. The predicted octanol–water partition coefficient (Wildman–Crippen LogP) is 0.321. The molecule has 3 heterocycles. The van der Waals surface area contributed by atoms with E-state index in [9.17, 15) is 9.59 Å². The van der Waals surface area contributed by atoms with Crippen LogP contribution < -0.4 is 5.32 Å². The number of carbonyl (C=O) groups excluding carboxylic acids is 2. The Morgan fingerprint density at radius 3 is 2.84 bits per heavy atom. The summed E-state index contributed by atoms with van der Waals surface area (Å²) in [6.45, 7) is 4.46. The van der Waals surface area contributed by atoms with Crippen LogP contribution in [-0.4, -0.2) is 71.3 Å². The lowest BCUT2D eigenvalue weighted by Gasteiger charge is -2.23. The Hall–Kier alpha value is -2.41. The second-order valence-electron chi connectivity index (χ2n) is 6.66. The molecule has 1 saturated heterocycles. The highest BCUT2D eigenvalue weighted by atomic mass is 16.2. The number of rotatable bonds is 3. The van der Waals surface area contributed by atoms with E-state index >= 15 is 0 Å². The third-order valence-corrected chi connectivity index (χ3v) is 4.84. The van der Waals surface area contributed by atoms with Crippen molar-refractivity contribution in [2.75, 3.05) is 40.3 Å². The minimum atomic E-state index is -0.204. The fourth-order valence-electron chi connectivity index (χ4n) is 3.40. The molecule has 1 fully saturated rings. The summed E-state index contributed by atoms with van der Waals surface area (Å²) < 4.78 is 1.97. The van der Waals surface area contributed by atoms with Crippen LogP contribution in [0.5, 0.6) is 0 Å². The van der Waals surface area contributed by atoms with Gasteiger partial charge in [-0.15, -0.1) is 0 Å². The number of nitrogens with zero attached hydrogens (tertiary/aromatic N) is 4. The number of imidazole rings is 1. The van der Waals surface area contributed by atoms with Crippen LogP contribution in [0.1, 0.15) is 11.4 Å². The first kappa shape index (κ1) is 17.4. The molecule has 25 heavy (non-hydrogen) atoms. The number of nitrogens with one attached hydrogen (secondary N) is 1. The molecule has 0 unspecified atom stereocenters. The van der Waals surface area contributed by atoms with Crippen LogP contribution >= 0.6 is 0 Å². The van der Waals surface area contributed by atoms with Gasteiger partial charge in [0.2, 0.25) is 11.8 Å². The molecule has 0 aliphatic carbocycles. The van der Waals surface area contributed by atoms with Crippen LogP contribution in [0.3, 0.4) is 0 Å². The number of amides is 2. The minimum absolute atomic E-state index is 0.0162. The van der Waals surface area contributed by atoms with Crippen LogP contribution in [0.2, 0.25) is 0 Å². The number of pyridine rings is 1. The van der Waals surface area contributed by atoms with E-state index in [1.54, 1.807) is 7.05 Å². The van der Waals surface area contributed by atoms with Gasteiger partial charge in [-0.25, -0.2) is 4.98 Å². The molecule has 0 bridgehead atoms. The van der Waals surface area contributed by atoms with Crippen LogP contribution in [0.25, 0.3) is 5.65 Å². The summed E-state index contributed by atoms with van der Waals surface area (Å²) in [6, 6.07) is 5.81. The minimum Gasteiger partial charge on any atom is -0.359 e. The average Bonchev–Trinajstić information content (AvgIpc) is 2.78. The van der Waals surface area contributed by atoms with Gasteiger partial charge in [-0.05, 0) is 26.1 Å². The van der Waals surface area contributed by atoms with Gasteiger partial charge in [0.15, 0.2) is 0 Å². The summed E-state index contributed by atoms with van der Waals surface area (Å²) in [5, 5.41) is 2.70. The molecular formula is C18H25N5O2. The summed E-state index contributed by atoms with van der Waals surface area (Å²) in [5.74, 6) is -0.180. The number of aryl methyl sites for hydroxylation is 1. The maximum atomic E-state index is 12.9. The van der Waals surface area contributed by atoms with E-state index in [-0.39, 0.29) is 17.7 Å². The maximum Gasteiger partial charge on any atom is 0.228 e. The van der Waals surface area contributed by atoms with Crippen molar-refractivity contribution in [2.24, 2.45) is 5.92 Å². The van der Waals surface area contributed by atoms with E-state index in [0.29, 0.717) is 26.1 Å². The molecule has 2 aromatic heterocycles. The van der Waals surface area contributed by atoms with Crippen LogP contribution in [0.15, 0.2) is 24.4 Å². The van der Waals surface area contributed by atoms with Crippen molar-refractivity contribution in [3.63, 3.8) is 0 Å². The van der Waals surface area contributed by atoms with Crippen LogP contribution in [0.4, 0.5) is 0 Å². The second kappa shape index (κ2) is 7.23. The average molecular weight is 343 g/mol. The quantitative estimate of drug-likeness (QED) is 0.871. The van der Waals surface area contributed by atoms with E-state index in [4.69, 9.17) is 0 Å². The lowest BCUT2D eigenvalue weighted by molar-refractivity contribution is -0.132. The van der Waals surface area contributed by atoms with Crippen molar-refractivity contribution in [2.45, 2.75) is 13.3 Å². The Morgan fingerprint density at radius 2 is 2.08 bits per heavy atom. The van der Waals surface area contributed by atoms with Gasteiger partial charge in [0.05, 0.1) is 23.7 Å². The fraction of sp³-hybridized carbons (Fsp3) is 0.500. The number of likely N-dealkylation sites (N-methyl/N-ethyl adjacent to an activating group) is 1. The topological polar surface area (TPSA) is 70.0 Å². The van der Waals surface area contributed by atoms with Gasteiger partial charge in [0, 0.05) is 39.4 Å². The lowest BCUT2D eigenvalue weighted by Crippen LogP contribution is -2.42. The molecule has 7 heteroatoms. The normalized spacial score (nSPS) is 19.0. The highest BCUT2D eigenvalue weighted by Gasteiger charge is 2.29. The zero-order chi connectivity index (χ0) is 18.0. The Kier molecular flexibility index (Phi) is 5.03. The van der Waals surface area contributed by atoms with Crippen LogP contribution in [-0.2, 0) is 16.0 Å². The van der Waals surface area contributed by atoms with Crippen molar-refractivity contribution in [1.29, 1.82) is 0 Å². The number of hydrogen-bond acceptors (Lipinski definition) is 4. The zero-order valence-electron chi connectivity index (χ0n) is 15.0. The van der Waals surface area contributed by atoms with Gasteiger partial charge >= 0.3 is 0 Å². The Labute approximate surface area is 147 Å². The summed E-state index contributed by atoms with van der Waals surface area (Å²) in [5.41, 5.74) is 2.63. The molecule has 1 aliphatic rings. The summed E-state index contributed by atoms with van der Waals surface area (Å²) >= 11 is 0. The van der Waals surface area contributed by atoms with E-state index in [1.165, 1.54) is 0 Å². The molecule has 1 atom stereocenters. The Morgan fingerprint density at radius 1 is 1.28 bits per heavy atom. The van der Waals surface area contributed by atoms with Gasteiger partial charge in [-0.1, -0.05) is 6.07 Å². The number of fused-ring (bicyclic) bond motifs is 1. The van der Waals surface area contributed by atoms with E-state index in [0.717, 1.165) is 23.6 Å². The lowest BCUT2D eigenvalue weighted by atomic mass is 10.1. The van der Waals surface area contributed by atoms with Crippen molar-refractivity contribution in [3.8, 4) is 0 Å². The van der Waals surface area contributed by atoms with Crippen molar-refractivity contribution in [1.82, 2.24) is 24.5 Å². The molecule has 2 amide bonds. The van der Waals surface area contributed by atoms with Gasteiger partial charge in [0.25, 0.3) is 0 Å². The molecule has 134 valence electrons. The number of carbonyl (C=O) groups is 2. The molecule has 0 radical (unpaired) electrons. The van der Waals surface area contributed by atoms with Gasteiger partial charge in [-0.2, -0.15) is 0 Å². The zero-order valence-corrected chi connectivity index (χ0v) is 15.0. The van der Waals surface area contributed by atoms with Gasteiger partial charge in [0.1, 0.15) is 5.65 Å². The van der Waals surface area contributed by atoms with Gasteiger partial charge in [-0.3, -0.25) is 9.59 Å². The molecule has 0 aromatic carbocycles. The maximum absolute atomic E-state index is 12.9. The number of aromatic nitrogens is 2. The van der Waals surface area contributed by atoms with Crippen molar-refractivity contribution < 1.29 is 9.59 Å². The molecule has 0 spiro atoms. The SMILES string of the molecule is CNC(=O)[C@@H]1CN(C)CCN(C(=O)Cc2c(C)nc3ccccn23)C1.